The van der Waals surface area contributed by atoms with Gasteiger partial charge in [0, 0.05) is 18.5 Å². The fourth-order valence-corrected chi connectivity index (χ4v) is 4.70. The number of amides is 2. The molecule has 1 atom stereocenters. The number of hydrogen-bond donors (Lipinski definition) is 3. The number of aromatic carboxylic acids is 1. The first-order valence-electron chi connectivity index (χ1n) is 12.9. The van der Waals surface area contributed by atoms with Gasteiger partial charge >= 0.3 is 5.97 Å². The van der Waals surface area contributed by atoms with Crippen LogP contribution in [-0.2, 0) is 24.2 Å². The molecule has 0 aliphatic rings. The molecular formula is C30H32N4O5. The first-order chi connectivity index (χ1) is 18.8. The smallest absolute Gasteiger partial charge is 0.335 e. The number of carbonyl (C=O) groups excluding carboxylic acids is 2. The molecule has 3 aromatic carbocycles. The molecule has 202 valence electrons. The van der Waals surface area contributed by atoms with E-state index in [0.29, 0.717) is 30.0 Å². The van der Waals surface area contributed by atoms with E-state index in [9.17, 15) is 24.7 Å². The molecule has 0 saturated heterocycles. The molecule has 1 aromatic heterocycles. The summed E-state index contributed by atoms with van der Waals surface area (Å²) >= 11 is 0. The molecule has 4 rings (SSSR count). The standard InChI is InChI=1S/C30H32N4O5/c1-3-7-27-32-28-20(2)14-24(16-26(28)34(27)17-22-10-12-23(13-11-22)30(37)38)29(36)31-25(18-33(39)19-35)15-21-8-5-4-6-9-21/h4-6,8-14,16,19,25,39H,3,7,15,17-18H2,1-2H3,(H,31,36)(H,37,38)/t25-/m1/s1. The zero-order valence-corrected chi connectivity index (χ0v) is 22.0. The molecule has 0 unspecified atom stereocenters. The van der Waals surface area contributed by atoms with Crippen LogP contribution in [0.4, 0.5) is 0 Å². The van der Waals surface area contributed by atoms with Crippen molar-refractivity contribution in [3.05, 3.63) is 100 Å². The van der Waals surface area contributed by atoms with E-state index in [-0.39, 0.29) is 18.0 Å². The topological polar surface area (TPSA) is 125 Å². The molecule has 1 heterocycles. The maximum Gasteiger partial charge on any atom is 0.335 e. The molecule has 0 spiro atoms. The molecule has 9 heteroatoms. The second kappa shape index (κ2) is 12.4. The number of aromatic nitrogens is 2. The number of carboxylic acids is 1. The third kappa shape index (κ3) is 6.69. The molecule has 0 radical (unpaired) electrons. The summed E-state index contributed by atoms with van der Waals surface area (Å²) in [5, 5.41) is 22.5. The van der Waals surface area contributed by atoms with Crippen LogP contribution in [-0.4, -0.2) is 55.8 Å². The lowest BCUT2D eigenvalue weighted by Gasteiger charge is -2.22. The maximum atomic E-state index is 13.4. The van der Waals surface area contributed by atoms with Gasteiger partial charge in [-0.15, -0.1) is 0 Å². The molecule has 9 nitrogen and oxygen atoms in total. The lowest BCUT2D eigenvalue weighted by atomic mass is 10.0. The summed E-state index contributed by atoms with van der Waals surface area (Å²) in [6.45, 7) is 4.41. The number of fused-ring (bicyclic) bond motifs is 1. The average Bonchev–Trinajstić information content (AvgIpc) is 3.27. The summed E-state index contributed by atoms with van der Waals surface area (Å²) in [5.41, 5.74) is 5.01. The van der Waals surface area contributed by atoms with Crippen LogP contribution in [0.5, 0.6) is 0 Å². The predicted molar refractivity (Wildman–Crippen MR) is 147 cm³/mol. The number of hydroxylamine groups is 2. The zero-order valence-electron chi connectivity index (χ0n) is 22.0. The van der Waals surface area contributed by atoms with Gasteiger partial charge in [0.1, 0.15) is 5.82 Å². The number of benzene rings is 3. The molecule has 39 heavy (non-hydrogen) atoms. The number of imidazole rings is 1. The van der Waals surface area contributed by atoms with E-state index in [2.05, 4.69) is 16.8 Å². The number of rotatable bonds is 12. The first kappa shape index (κ1) is 27.5. The van der Waals surface area contributed by atoms with Crippen molar-refractivity contribution in [1.29, 1.82) is 0 Å². The van der Waals surface area contributed by atoms with Gasteiger partial charge in [-0.05, 0) is 60.7 Å². The lowest BCUT2D eigenvalue weighted by Crippen LogP contribution is -2.44. The van der Waals surface area contributed by atoms with Crippen LogP contribution in [0.3, 0.4) is 0 Å². The van der Waals surface area contributed by atoms with Crippen LogP contribution in [0, 0.1) is 6.92 Å². The zero-order chi connectivity index (χ0) is 27.9. The molecule has 0 saturated carbocycles. The Hall–Kier alpha value is -4.50. The minimum absolute atomic E-state index is 0.0592. The third-order valence-corrected chi connectivity index (χ3v) is 6.59. The Morgan fingerprint density at radius 2 is 1.77 bits per heavy atom. The van der Waals surface area contributed by atoms with Crippen LogP contribution >= 0.6 is 0 Å². The Labute approximate surface area is 226 Å². The Balaban J connectivity index is 1.66. The van der Waals surface area contributed by atoms with Gasteiger partial charge in [0.05, 0.1) is 29.2 Å². The van der Waals surface area contributed by atoms with E-state index in [0.717, 1.165) is 46.4 Å². The number of carboxylic acid groups (broad SMARTS) is 1. The normalized spacial score (nSPS) is 11.8. The molecule has 0 aliphatic heterocycles. The second-order valence-corrected chi connectivity index (χ2v) is 9.61. The van der Waals surface area contributed by atoms with Crippen LogP contribution in [0.1, 0.15) is 56.6 Å². The van der Waals surface area contributed by atoms with Crippen molar-refractivity contribution in [1.82, 2.24) is 19.9 Å². The minimum atomic E-state index is -0.976. The highest BCUT2D eigenvalue weighted by Crippen LogP contribution is 2.24. The fourth-order valence-electron chi connectivity index (χ4n) is 4.70. The number of nitrogens with zero attached hydrogens (tertiary/aromatic N) is 3. The van der Waals surface area contributed by atoms with Crippen molar-refractivity contribution in [2.24, 2.45) is 0 Å². The van der Waals surface area contributed by atoms with Gasteiger partial charge in [-0.3, -0.25) is 14.8 Å². The van der Waals surface area contributed by atoms with Gasteiger partial charge in [-0.2, -0.15) is 0 Å². The molecule has 2 amide bonds. The molecule has 0 bridgehead atoms. The SMILES string of the molecule is CCCc1nc2c(C)cc(C(=O)N[C@H](Cc3ccccc3)CN(O)C=O)cc2n1Cc1ccc(C(=O)O)cc1. The summed E-state index contributed by atoms with van der Waals surface area (Å²) in [6, 6.07) is 19.4. The lowest BCUT2D eigenvalue weighted by molar-refractivity contribution is -0.150. The molecule has 4 aromatic rings. The van der Waals surface area contributed by atoms with E-state index in [1.54, 1.807) is 30.3 Å². The highest BCUT2D eigenvalue weighted by atomic mass is 16.5. The molecule has 0 fully saturated rings. The highest BCUT2D eigenvalue weighted by molar-refractivity contribution is 5.98. The number of hydrogen-bond acceptors (Lipinski definition) is 5. The molecule has 3 N–H and O–H groups in total. The van der Waals surface area contributed by atoms with Gasteiger partial charge in [-0.1, -0.05) is 49.4 Å². The maximum absolute atomic E-state index is 13.4. The average molecular weight is 529 g/mol. The Kier molecular flexibility index (Phi) is 8.73. The minimum Gasteiger partial charge on any atom is -0.478 e. The van der Waals surface area contributed by atoms with Gasteiger partial charge in [0.2, 0.25) is 6.41 Å². The predicted octanol–water partition coefficient (Wildman–Crippen LogP) is 4.23. The first-order valence-corrected chi connectivity index (χ1v) is 12.9. The quantitative estimate of drug-likeness (QED) is 0.144. The summed E-state index contributed by atoms with van der Waals surface area (Å²) in [5.74, 6) is -0.411. The number of nitrogens with one attached hydrogen (secondary N) is 1. The van der Waals surface area contributed by atoms with Crippen LogP contribution in [0.15, 0.2) is 66.7 Å². The molecular weight excluding hydrogens is 496 g/mol. The van der Waals surface area contributed by atoms with Crippen molar-refractivity contribution >= 4 is 29.3 Å². The summed E-state index contributed by atoms with van der Waals surface area (Å²) in [6.07, 6.45) is 2.39. The Morgan fingerprint density at radius 3 is 2.41 bits per heavy atom. The van der Waals surface area contributed by atoms with Gasteiger partial charge < -0.3 is 15.0 Å². The van der Waals surface area contributed by atoms with Crippen molar-refractivity contribution in [3.8, 4) is 0 Å². The highest BCUT2D eigenvalue weighted by Gasteiger charge is 2.20. The van der Waals surface area contributed by atoms with Gasteiger partial charge in [0.15, 0.2) is 0 Å². The summed E-state index contributed by atoms with van der Waals surface area (Å²) in [7, 11) is 0. The van der Waals surface area contributed by atoms with E-state index in [1.165, 1.54) is 0 Å². The fraction of sp³-hybridized carbons (Fsp3) is 0.267. The van der Waals surface area contributed by atoms with E-state index in [4.69, 9.17) is 4.98 Å². The monoisotopic (exact) mass is 528 g/mol. The van der Waals surface area contributed by atoms with E-state index >= 15 is 0 Å². The largest absolute Gasteiger partial charge is 0.478 e. The van der Waals surface area contributed by atoms with Crippen molar-refractivity contribution in [2.75, 3.05) is 6.54 Å². The molecule has 0 aliphatic carbocycles. The van der Waals surface area contributed by atoms with Gasteiger partial charge in [-0.25, -0.2) is 14.8 Å². The number of aryl methyl sites for hydroxylation is 2. The van der Waals surface area contributed by atoms with Crippen LogP contribution in [0.25, 0.3) is 11.0 Å². The number of carbonyl (C=O) groups is 3. The van der Waals surface area contributed by atoms with E-state index in [1.807, 2.05) is 43.3 Å². The van der Waals surface area contributed by atoms with Gasteiger partial charge in [0.25, 0.3) is 5.91 Å². The van der Waals surface area contributed by atoms with Crippen molar-refractivity contribution in [3.63, 3.8) is 0 Å². The van der Waals surface area contributed by atoms with Crippen LogP contribution in [0.2, 0.25) is 0 Å². The van der Waals surface area contributed by atoms with Crippen LogP contribution < -0.4 is 5.32 Å². The Morgan fingerprint density at radius 1 is 1.05 bits per heavy atom. The van der Waals surface area contributed by atoms with Crippen molar-refractivity contribution < 1.29 is 24.7 Å². The second-order valence-electron chi connectivity index (χ2n) is 9.61. The summed E-state index contributed by atoms with van der Waals surface area (Å²) in [4.78, 5) is 40.6. The van der Waals surface area contributed by atoms with E-state index < -0.39 is 12.0 Å². The Bertz CT molecular complexity index is 1460. The third-order valence-electron chi connectivity index (χ3n) is 6.59. The van der Waals surface area contributed by atoms with Crippen molar-refractivity contribution in [2.45, 2.75) is 45.7 Å². The summed E-state index contributed by atoms with van der Waals surface area (Å²) < 4.78 is 2.07.